The van der Waals surface area contributed by atoms with Gasteiger partial charge < -0.3 is 14.2 Å². The topological polar surface area (TPSA) is 69.7 Å². The summed E-state index contributed by atoms with van der Waals surface area (Å²) in [6, 6.07) is 8.74. The van der Waals surface area contributed by atoms with Crippen LogP contribution in [0.3, 0.4) is 0 Å². The number of nitrogens with one attached hydrogen (secondary N) is 1. The standard InChI is InChI=1S/C20H18Cl2N2O4S/c1-26-15-8-7-13(17(27-2)18(15)28-3)19(25)24-20-23-10-12(29-20)9-11-5-4-6-14(21)16(11)22/h4-8,10H,9H2,1-3H3,(H,23,24,25). The Labute approximate surface area is 182 Å². The highest BCUT2D eigenvalue weighted by molar-refractivity contribution is 7.15. The number of anilines is 1. The minimum Gasteiger partial charge on any atom is -0.493 e. The van der Waals surface area contributed by atoms with Crippen LogP contribution in [0.15, 0.2) is 36.5 Å². The molecule has 3 aromatic rings. The number of nitrogens with zero attached hydrogens (tertiary/aromatic N) is 1. The van der Waals surface area contributed by atoms with E-state index in [1.165, 1.54) is 32.7 Å². The molecule has 0 spiro atoms. The first kappa shape index (κ1) is 21.2. The number of methoxy groups -OCH3 is 3. The van der Waals surface area contributed by atoms with Crippen molar-refractivity contribution in [2.24, 2.45) is 0 Å². The van der Waals surface area contributed by atoms with Crippen LogP contribution in [0.25, 0.3) is 0 Å². The SMILES string of the molecule is COc1ccc(C(=O)Nc2ncc(Cc3cccc(Cl)c3Cl)s2)c(OC)c1OC. The molecule has 1 amide bonds. The van der Waals surface area contributed by atoms with Crippen molar-refractivity contribution in [3.8, 4) is 17.2 Å². The third-order valence-electron chi connectivity index (χ3n) is 4.12. The van der Waals surface area contributed by atoms with E-state index in [2.05, 4.69) is 10.3 Å². The fourth-order valence-electron chi connectivity index (χ4n) is 2.76. The smallest absolute Gasteiger partial charge is 0.261 e. The molecule has 1 N–H and O–H groups in total. The van der Waals surface area contributed by atoms with E-state index in [0.29, 0.717) is 38.7 Å². The fraction of sp³-hybridized carbons (Fsp3) is 0.200. The number of hydrogen-bond donors (Lipinski definition) is 1. The molecule has 0 aliphatic rings. The second-order valence-electron chi connectivity index (χ2n) is 5.86. The van der Waals surface area contributed by atoms with Crippen LogP contribution < -0.4 is 19.5 Å². The zero-order chi connectivity index (χ0) is 21.0. The Morgan fingerprint density at radius 2 is 1.83 bits per heavy atom. The number of hydrogen-bond acceptors (Lipinski definition) is 6. The number of rotatable bonds is 7. The zero-order valence-corrected chi connectivity index (χ0v) is 18.2. The normalized spacial score (nSPS) is 10.5. The van der Waals surface area contributed by atoms with E-state index in [-0.39, 0.29) is 11.7 Å². The summed E-state index contributed by atoms with van der Waals surface area (Å²) in [7, 11) is 4.46. The third kappa shape index (κ3) is 4.58. The lowest BCUT2D eigenvalue weighted by atomic mass is 10.1. The van der Waals surface area contributed by atoms with Gasteiger partial charge in [-0.25, -0.2) is 4.98 Å². The van der Waals surface area contributed by atoms with Gasteiger partial charge >= 0.3 is 0 Å². The van der Waals surface area contributed by atoms with E-state index in [1.54, 1.807) is 24.4 Å². The van der Waals surface area contributed by atoms with Gasteiger partial charge in [0, 0.05) is 17.5 Å². The Morgan fingerprint density at radius 3 is 2.52 bits per heavy atom. The number of thiazole rings is 1. The van der Waals surface area contributed by atoms with E-state index in [4.69, 9.17) is 37.4 Å². The van der Waals surface area contributed by atoms with Crippen molar-refractivity contribution in [2.75, 3.05) is 26.6 Å². The summed E-state index contributed by atoms with van der Waals surface area (Å²) in [5.41, 5.74) is 1.20. The third-order valence-corrected chi connectivity index (χ3v) is 5.89. The number of aromatic nitrogens is 1. The summed E-state index contributed by atoms with van der Waals surface area (Å²) in [6.45, 7) is 0. The summed E-state index contributed by atoms with van der Waals surface area (Å²) in [5.74, 6) is 0.727. The molecule has 0 atom stereocenters. The van der Waals surface area contributed by atoms with E-state index in [9.17, 15) is 4.79 Å². The van der Waals surface area contributed by atoms with Crippen LogP contribution in [0.1, 0.15) is 20.8 Å². The fourth-order valence-corrected chi connectivity index (χ4v) is 3.98. The van der Waals surface area contributed by atoms with Gasteiger partial charge in [0.1, 0.15) is 0 Å². The minimum absolute atomic E-state index is 0.284. The molecule has 0 saturated heterocycles. The van der Waals surface area contributed by atoms with Gasteiger partial charge in [0.05, 0.1) is 36.9 Å². The maximum atomic E-state index is 12.8. The van der Waals surface area contributed by atoms with Crippen molar-refractivity contribution >= 4 is 45.6 Å². The van der Waals surface area contributed by atoms with Gasteiger partial charge in [0.25, 0.3) is 5.91 Å². The molecule has 0 saturated carbocycles. The second-order valence-corrected chi connectivity index (χ2v) is 7.76. The van der Waals surface area contributed by atoms with Crippen molar-refractivity contribution < 1.29 is 19.0 Å². The molecule has 3 rings (SSSR count). The van der Waals surface area contributed by atoms with Gasteiger partial charge in [-0.15, -0.1) is 11.3 Å². The van der Waals surface area contributed by atoms with Gasteiger partial charge in [0.2, 0.25) is 5.75 Å². The molecule has 2 aromatic carbocycles. The molecule has 1 aromatic heterocycles. The monoisotopic (exact) mass is 452 g/mol. The van der Waals surface area contributed by atoms with Crippen molar-refractivity contribution in [1.82, 2.24) is 4.98 Å². The van der Waals surface area contributed by atoms with E-state index in [0.717, 1.165) is 10.4 Å². The molecule has 29 heavy (non-hydrogen) atoms. The lowest BCUT2D eigenvalue weighted by molar-refractivity contribution is 0.102. The van der Waals surface area contributed by atoms with Crippen molar-refractivity contribution in [3.63, 3.8) is 0 Å². The van der Waals surface area contributed by atoms with E-state index in [1.807, 2.05) is 12.1 Å². The van der Waals surface area contributed by atoms with Crippen LogP contribution in [-0.4, -0.2) is 32.2 Å². The van der Waals surface area contributed by atoms with Crippen LogP contribution in [0.4, 0.5) is 5.13 Å². The summed E-state index contributed by atoms with van der Waals surface area (Å²) in [6.07, 6.45) is 2.26. The number of carbonyl (C=O) groups is 1. The first-order chi connectivity index (χ1) is 14.0. The molecule has 0 radical (unpaired) electrons. The largest absolute Gasteiger partial charge is 0.493 e. The van der Waals surface area contributed by atoms with Crippen LogP contribution in [0.5, 0.6) is 17.2 Å². The second kappa shape index (κ2) is 9.35. The predicted molar refractivity (Wildman–Crippen MR) is 115 cm³/mol. The minimum atomic E-state index is -0.371. The Kier molecular flexibility index (Phi) is 6.84. The van der Waals surface area contributed by atoms with Gasteiger partial charge in [-0.2, -0.15) is 0 Å². The molecule has 9 heteroatoms. The lowest BCUT2D eigenvalue weighted by Crippen LogP contribution is -2.13. The van der Waals surface area contributed by atoms with E-state index < -0.39 is 0 Å². The van der Waals surface area contributed by atoms with E-state index >= 15 is 0 Å². The Bertz CT molecular complexity index is 1040. The summed E-state index contributed by atoms with van der Waals surface area (Å²) < 4.78 is 15.9. The number of amides is 1. The maximum Gasteiger partial charge on any atom is 0.261 e. The molecule has 0 unspecified atom stereocenters. The van der Waals surface area contributed by atoms with Crippen LogP contribution in [0, 0.1) is 0 Å². The molecule has 1 heterocycles. The number of carbonyl (C=O) groups excluding carboxylic acids is 1. The highest BCUT2D eigenvalue weighted by atomic mass is 35.5. The van der Waals surface area contributed by atoms with Crippen LogP contribution >= 0.6 is 34.5 Å². The molecular formula is C20H18Cl2N2O4S. The van der Waals surface area contributed by atoms with Crippen LogP contribution in [0.2, 0.25) is 10.0 Å². The molecule has 0 aliphatic carbocycles. The van der Waals surface area contributed by atoms with Crippen molar-refractivity contribution in [1.29, 1.82) is 0 Å². The quantitative estimate of drug-likeness (QED) is 0.525. The summed E-state index contributed by atoms with van der Waals surface area (Å²) >= 11 is 13.7. The Hall–Kier alpha value is -2.48. The maximum absolute atomic E-state index is 12.8. The van der Waals surface area contributed by atoms with Gasteiger partial charge in [-0.1, -0.05) is 35.3 Å². The zero-order valence-electron chi connectivity index (χ0n) is 15.9. The Morgan fingerprint density at radius 1 is 1.07 bits per heavy atom. The van der Waals surface area contributed by atoms with Crippen molar-refractivity contribution in [2.45, 2.75) is 6.42 Å². The van der Waals surface area contributed by atoms with Gasteiger partial charge in [-0.05, 0) is 23.8 Å². The molecule has 6 nitrogen and oxygen atoms in total. The highest BCUT2D eigenvalue weighted by Gasteiger charge is 2.21. The number of halogens is 2. The molecule has 0 aliphatic heterocycles. The number of benzene rings is 2. The summed E-state index contributed by atoms with van der Waals surface area (Å²) in [4.78, 5) is 18.0. The predicted octanol–water partition coefficient (Wildman–Crippen LogP) is 5.32. The summed E-state index contributed by atoms with van der Waals surface area (Å²) in [5, 5.41) is 4.26. The molecule has 152 valence electrons. The number of ether oxygens (including phenoxy) is 3. The average Bonchev–Trinajstić information content (AvgIpc) is 3.16. The van der Waals surface area contributed by atoms with Crippen molar-refractivity contribution in [3.05, 3.63) is 62.6 Å². The molecule has 0 bridgehead atoms. The van der Waals surface area contributed by atoms with Gasteiger partial charge in [-0.3, -0.25) is 10.1 Å². The first-order valence-electron chi connectivity index (χ1n) is 8.46. The lowest BCUT2D eigenvalue weighted by Gasteiger charge is -2.15. The Balaban J connectivity index is 1.79. The molecular weight excluding hydrogens is 435 g/mol. The highest BCUT2D eigenvalue weighted by Crippen LogP contribution is 2.40. The van der Waals surface area contributed by atoms with Crippen LogP contribution in [-0.2, 0) is 6.42 Å². The van der Waals surface area contributed by atoms with Gasteiger partial charge in [0.15, 0.2) is 16.6 Å². The molecule has 0 fully saturated rings. The average molecular weight is 453 g/mol. The first-order valence-corrected chi connectivity index (χ1v) is 10.0.